The van der Waals surface area contributed by atoms with Crippen LogP contribution in [0, 0.1) is 5.82 Å². The number of fused-ring (bicyclic) bond motifs is 1. The van der Waals surface area contributed by atoms with Crippen LogP contribution in [0.15, 0.2) is 36.4 Å². The SMILES string of the molecule is CC1(C)CC(=O)NN1[C@@H](c1cc(F)c2ccccc2c1)C(F)(F)F. The van der Waals surface area contributed by atoms with Gasteiger partial charge in [-0.3, -0.25) is 10.2 Å². The number of hydrazine groups is 1. The molecule has 7 heteroatoms. The van der Waals surface area contributed by atoms with Gasteiger partial charge in [-0.05, 0) is 36.9 Å². The van der Waals surface area contributed by atoms with Crippen molar-refractivity contribution in [3.8, 4) is 0 Å². The molecule has 0 spiro atoms. The van der Waals surface area contributed by atoms with Crippen molar-refractivity contribution in [2.45, 2.75) is 38.0 Å². The fourth-order valence-electron chi connectivity index (χ4n) is 3.15. The molecule has 2 aromatic rings. The van der Waals surface area contributed by atoms with Crippen molar-refractivity contribution in [1.29, 1.82) is 0 Å². The quantitative estimate of drug-likeness (QED) is 0.835. The molecule has 3 nitrogen and oxygen atoms in total. The second kappa shape index (κ2) is 5.44. The molecular formula is C17H16F4N2O. The predicted molar refractivity (Wildman–Crippen MR) is 81.4 cm³/mol. The molecule has 2 aromatic carbocycles. The standard InChI is InChI=1S/C17H16F4N2O/c1-16(2)9-14(24)22-23(16)15(17(19,20)21)11-7-10-5-3-4-6-12(10)13(18)8-11/h3-8,15H,9H2,1-2H3,(H,22,24)/t15-/m0/s1. The van der Waals surface area contributed by atoms with Crippen molar-refractivity contribution in [3.63, 3.8) is 0 Å². The van der Waals surface area contributed by atoms with Crippen LogP contribution in [0.2, 0.25) is 0 Å². The molecule has 0 saturated carbocycles. The topological polar surface area (TPSA) is 32.3 Å². The number of amides is 1. The zero-order chi connectivity index (χ0) is 17.7. The van der Waals surface area contributed by atoms with Gasteiger partial charge in [-0.1, -0.05) is 24.3 Å². The van der Waals surface area contributed by atoms with Crippen LogP contribution in [0.5, 0.6) is 0 Å². The summed E-state index contributed by atoms with van der Waals surface area (Å²) in [5.41, 5.74) is 0.985. The Bertz CT molecular complexity index is 801. The summed E-state index contributed by atoms with van der Waals surface area (Å²) in [7, 11) is 0. The lowest BCUT2D eigenvalue weighted by molar-refractivity contribution is -0.203. The summed E-state index contributed by atoms with van der Waals surface area (Å²) < 4.78 is 55.5. The maximum absolute atomic E-state index is 14.3. The third kappa shape index (κ3) is 2.84. The fourth-order valence-corrected chi connectivity index (χ4v) is 3.15. The normalized spacial score (nSPS) is 19.5. The number of alkyl halides is 3. The van der Waals surface area contributed by atoms with E-state index in [0.717, 1.165) is 11.1 Å². The fraction of sp³-hybridized carbons (Fsp3) is 0.353. The summed E-state index contributed by atoms with van der Waals surface area (Å²) >= 11 is 0. The smallest absolute Gasteiger partial charge is 0.287 e. The second-order valence-corrected chi connectivity index (χ2v) is 6.56. The number of carbonyl (C=O) groups excluding carboxylic acids is 1. The van der Waals surface area contributed by atoms with Crippen molar-refractivity contribution >= 4 is 16.7 Å². The van der Waals surface area contributed by atoms with E-state index >= 15 is 0 Å². The molecule has 1 N–H and O–H groups in total. The Kier molecular flexibility index (Phi) is 3.79. The first kappa shape index (κ1) is 16.7. The maximum atomic E-state index is 14.3. The lowest BCUT2D eigenvalue weighted by Gasteiger charge is -2.38. The molecule has 1 heterocycles. The van der Waals surface area contributed by atoms with Gasteiger partial charge in [0.1, 0.15) is 5.82 Å². The third-order valence-electron chi connectivity index (χ3n) is 4.21. The van der Waals surface area contributed by atoms with Gasteiger partial charge in [0.25, 0.3) is 0 Å². The van der Waals surface area contributed by atoms with E-state index in [9.17, 15) is 22.4 Å². The van der Waals surface area contributed by atoms with Gasteiger partial charge >= 0.3 is 6.18 Å². The van der Waals surface area contributed by atoms with E-state index in [4.69, 9.17) is 0 Å². The summed E-state index contributed by atoms with van der Waals surface area (Å²) in [6.07, 6.45) is -4.74. The highest BCUT2D eigenvalue weighted by atomic mass is 19.4. The van der Waals surface area contributed by atoms with Crippen LogP contribution >= 0.6 is 0 Å². The number of rotatable bonds is 2. The molecule has 1 aliphatic rings. The summed E-state index contributed by atoms with van der Waals surface area (Å²) in [5.74, 6) is -1.21. The molecule has 0 aromatic heterocycles. The van der Waals surface area contributed by atoms with Gasteiger partial charge in [0.15, 0.2) is 6.04 Å². The first-order valence-electron chi connectivity index (χ1n) is 7.43. The highest BCUT2D eigenvalue weighted by Crippen LogP contribution is 2.43. The van der Waals surface area contributed by atoms with E-state index in [2.05, 4.69) is 5.43 Å². The summed E-state index contributed by atoms with van der Waals surface area (Å²) in [4.78, 5) is 11.6. The van der Waals surface area contributed by atoms with Crippen LogP contribution in [-0.2, 0) is 4.79 Å². The van der Waals surface area contributed by atoms with Gasteiger partial charge < -0.3 is 0 Å². The number of halogens is 4. The number of nitrogens with zero attached hydrogens (tertiary/aromatic N) is 1. The van der Waals surface area contributed by atoms with Crippen LogP contribution in [0.3, 0.4) is 0 Å². The first-order chi connectivity index (χ1) is 11.1. The zero-order valence-electron chi connectivity index (χ0n) is 13.1. The average molecular weight is 340 g/mol. The lowest BCUT2D eigenvalue weighted by atomic mass is 9.95. The Morgan fingerprint density at radius 1 is 1.21 bits per heavy atom. The van der Waals surface area contributed by atoms with Gasteiger partial charge in [-0.15, -0.1) is 0 Å². The number of carbonyl (C=O) groups is 1. The van der Waals surface area contributed by atoms with Crippen LogP contribution in [-0.4, -0.2) is 22.6 Å². The molecule has 0 aliphatic carbocycles. The predicted octanol–water partition coefficient (Wildman–Crippen LogP) is 4.10. The van der Waals surface area contributed by atoms with E-state index in [1.807, 2.05) is 0 Å². The zero-order valence-corrected chi connectivity index (χ0v) is 13.1. The highest BCUT2D eigenvalue weighted by molar-refractivity contribution is 5.84. The number of benzene rings is 2. The minimum atomic E-state index is -4.68. The van der Waals surface area contributed by atoms with Crippen LogP contribution in [0.1, 0.15) is 31.9 Å². The number of hydrogen-bond acceptors (Lipinski definition) is 2. The lowest BCUT2D eigenvalue weighted by Crippen LogP contribution is -2.51. The van der Waals surface area contributed by atoms with Gasteiger partial charge in [0.05, 0.1) is 0 Å². The van der Waals surface area contributed by atoms with Crippen LogP contribution in [0.4, 0.5) is 17.6 Å². The molecule has 1 amide bonds. The Morgan fingerprint density at radius 3 is 2.46 bits per heavy atom. The van der Waals surface area contributed by atoms with Crippen LogP contribution < -0.4 is 5.43 Å². The van der Waals surface area contributed by atoms with E-state index in [0.29, 0.717) is 5.39 Å². The second-order valence-electron chi connectivity index (χ2n) is 6.56. The Balaban J connectivity index is 2.16. The van der Waals surface area contributed by atoms with Crippen molar-refractivity contribution in [2.75, 3.05) is 0 Å². The molecule has 1 aliphatic heterocycles. The molecule has 128 valence electrons. The van der Waals surface area contributed by atoms with Gasteiger partial charge in [0.2, 0.25) is 5.91 Å². The molecule has 1 atom stereocenters. The molecule has 3 rings (SSSR count). The number of hydrogen-bond donors (Lipinski definition) is 1. The molecule has 1 fully saturated rings. The van der Waals surface area contributed by atoms with E-state index in [1.165, 1.54) is 12.1 Å². The molecule has 24 heavy (non-hydrogen) atoms. The molecule has 1 saturated heterocycles. The first-order valence-corrected chi connectivity index (χ1v) is 7.43. The van der Waals surface area contributed by atoms with Crippen molar-refractivity contribution in [3.05, 3.63) is 47.8 Å². The molecular weight excluding hydrogens is 324 g/mol. The summed E-state index contributed by atoms with van der Waals surface area (Å²) in [5, 5.41) is 1.51. The van der Waals surface area contributed by atoms with E-state index < -0.39 is 29.5 Å². The van der Waals surface area contributed by atoms with Crippen molar-refractivity contribution in [1.82, 2.24) is 10.4 Å². The van der Waals surface area contributed by atoms with Crippen molar-refractivity contribution < 1.29 is 22.4 Å². The molecule has 0 radical (unpaired) electrons. The summed E-state index contributed by atoms with van der Waals surface area (Å²) in [6, 6.07) is 6.41. The molecule has 0 bridgehead atoms. The Labute approximate surface area is 136 Å². The third-order valence-corrected chi connectivity index (χ3v) is 4.21. The average Bonchev–Trinajstić information content (AvgIpc) is 2.70. The molecule has 0 unspecified atom stereocenters. The highest BCUT2D eigenvalue weighted by Gasteiger charge is 2.53. The summed E-state index contributed by atoms with van der Waals surface area (Å²) in [6.45, 7) is 3.09. The van der Waals surface area contributed by atoms with Gasteiger partial charge in [0, 0.05) is 17.3 Å². The maximum Gasteiger partial charge on any atom is 0.409 e. The van der Waals surface area contributed by atoms with Crippen molar-refractivity contribution in [2.24, 2.45) is 0 Å². The van der Waals surface area contributed by atoms with E-state index in [-0.39, 0.29) is 17.4 Å². The van der Waals surface area contributed by atoms with Gasteiger partial charge in [-0.25, -0.2) is 4.39 Å². The Hall–Kier alpha value is -2.15. The monoisotopic (exact) mass is 340 g/mol. The minimum absolute atomic E-state index is 0.0599. The minimum Gasteiger partial charge on any atom is -0.287 e. The largest absolute Gasteiger partial charge is 0.409 e. The van der Waals surface area contributed by atoms with Crippen LogP contribution in [0.25, 0.3) is 10.8 Å². The Morgan fingerprint density at radius 2 is 1.88 bits per heavy atom. The number of nitrogens with one attached hydrogen (secondary N) is 1. The van der Waals surface area contributed by atoms with Gasteiger partial charge in [-0.2, -0.15) is 18.2 Å². The van der Waals surface area contributed by atoms with E-state index in [1.54, 1.807) is 32.0 Å².